The van der Waals surface area contributed by atoms with Gasteiger partial charge in [0.15, 0.2) is 0 Å². The van der Waals surface area contributed by atoms with Crippen LogP contribution in [0.5, 0.6) is 5.75 Å². The molecule has 2 atom stereocenters. The molecule has 0 bridgehead atoms. The first-order valence-corrected chi connectivity index (χ1v) is 12.3. The molecule has 0 radical (unpaired) electrons. The van der Waals surface area contributed by atoms with Gasteiger partial charge in [-0.05, 0) is 42.7 Å². The number of carbonyl (C=O) groups is 1. The molecule has 178 valence electrons. The molecule has 1 aliphatic rings. The van der Waals surface area contributed by atoms with Gasteiger partial charge >= 0.3 is 5.97 Å². The molecule has 2 aromatic carbocycles. The molecular formula is C27H25N3O4S. The van der Waals surface area contributed by atoms with Gasteiger partial charge in [0.1, 0.15) is 21.7 Å². The lowest BCUT2D eigenvalue weighted by atomic mass is 10.00. The molecule has 0 amide bonds. The molecule has 0 saturated heterocycles. The van der Waals surface area contributed by atoms with Crippen LogP contribution in [0.4, 0.5) is 0 Å². The number of ether oxygens (including phenoxy) is 1. The van der Waals surface area contributed by atoms with Crippen LogP contribution in [0.3, 0.4) is 0 Å². The van der Waals surface area contributed by atoms with E-state index in [4.69, 9.17) is 4.74 Å². The Hall–Kier alpha value is -3.59. The van der Waals surface area contributed by atoms with Crippen molar-refractivity contribution in [3.05, 3.63) is 89.1 Å². The predicted octanol–water partition coefficient (Wildman–Crippen LogP) is 4.59. The third kappa shape index (κ3) is 5.24. The predicted molar refractivity (Wildman–Crippen MR) is 135 cm³/mol. The van der Waals surface area contributed by atoms with Gasteiger partial charge in [0.25, 0.3) is 0 Å². The van der Waals surface area contributed by atoms with Crippen LogP contribution in [-0.2, 0) is 6.42 Å². The van der Waals surface area contributed by atoms with Crippen molar-refractivity contribution in [3.63, 3.8) is 0 Å². The molecule has 0 fully saturated rings. The molecule has 3 heterocycles. The zero-order chi connectivity index (χ0) is 24.2. The number of hydrogen-bond acceptors (Lipinski definition) is 7. The molecule has 7 nitrogen and oxygen atoms in total. The highest BCUT2D eigenvalue weighted by molar-refractivity contribution is 7.17. The highest BCUT2D eigenvalue weighted by Crippen LogP contribution is 2.37. The third-order valence-corrected chi connectivity index (χ3v) is 7.08. The standard InChI is InChI=1S/C27H25N3O4S/c31-22(20-7-4-12-28-14-20)16-29-15-21-10-8-18-13-19(9-11-23(18)34-21)26-30-24(25(35-26)27(32)33)17-5-2-1-3-6-17/h1-7,9,11-14,21-22,29,31H,8,10,15-16H2,(H,32,33)/t21-,22+/m1/s1. The number of aliphatic hydroxyl groups is 1. The van der Waals surface area contributed by atoms with E-state index in [-0.39, 0.29) is 11.0 Å². The van der Waals surface area contributed by atoms with Gasteiger partial charge in [-0.3, -0.25) is 4.98 Å². The SMILES string of the molecule is O=C(O)c1sc(-c2ccc3c(c2)CC[C@H](CNC[C@H](O)c2cccnc2)O3)nc1-c1ccccc1. The van der Waals surface area contributed by atoms with Gasteiger partial charge in [-0.1, -0.05) is 36.4 Å². The minimum Gasteiger partial charge on any atom is -0.489 e. The number of carboxylic acid groups (broad SMARTS) is 1. The second-order valence-electron chi connectivity index (χ2n) is 8.43. The molecule has 2 aromatic heterocycles. The number of hydrogen-bond donors (Lipinski definition) is 3. The summed E-state index contributed by atoms with van der Waals surface area (Å²) in [5, 5.41) is 24.0. The Balaban J connectivity index is 1.26. The quantitative estimate of drug-likeness (QED) is 0.334. The molecule has 1 aliphatic heterocycles. The molecule has 4 aromatic rings. The smallest absolute Gasteiger partial charge is 0.348 e. The average Bonchev–Trinajstić information content (AvgIpc) is 3.35. The lowest BCUT2D eigenvalue weighted by Crippen LogP contribution is -2.36. The molecule has 0 aliphatic carbocycles. The zero-order valence-electron chi connectivity index (χ0n) is 18.9. The van der Waals surface area contributed by atoms with Crippen LogP contribution in [-0.4, -0.2) is 45.3 Å². The van der Waals surface area contributed by atoms with E-state index >= 15 is 0 Å². The first kappa shape index (κ1) is 23.2. The third-order valence-electron chi connectivity index (χ3n) is 5.98. The van der Waals surface area contributed by atoms with E-state index in [1.165, 1.54) is 11.3 Å². The summed E-state index contributed by atoms with van der Waals surface area (Å²) in [5.74, 6) is -0.143. The monoisotopic (exact) mass is 487 g/mol. The Morgan fingerprint density at radius 3 is 2.77 bits per heavy atom. The Morgan fingerprint density at radius 1 is 1.14 bits per heavy atom. The maximum atomic E-state index is 11.8. The van der Waals surface area contributed by atoms with Crippen LogP contribution in [0.2, 0.25) is 0 Å². The minimum absolute atomic E-state index is 0.0117. The van der Waals surface area contributed by atoms with E-state index in [2.05, 4.69) is 15.3 Å². The number of pyridine rings is 1. The molecule has 0 unspecified atom stereocenters. The molecule has 5 rings (SSSR count). The number of nitrogens with zero attached hydrogens (tertiary/aromatic N) is 2. The summed E-state index contributed by atoms with van der Waals surface area (Å²) in [6.07, 6.45) is 4.45. The number of rotatable bonds is 8. The van der Waals surface area contributed by atoms with Crippen molar-refractivity contribution in [2.24, 2.45) is 0 Å². The van der Waals surface area contributed by atoms with Crippen LogP contribution in [0.25, 0.3) is 21.8 Å². The topological polar surface area (TPSA) is 105 Å². The summed E-state index contributed by atoms with van der Waals surface area (Å²) in [5.41, 5.74) is 4.04. The van der Waals surface area contributed by atoms with Gasteiger partial charge in [-0.2, -0.15) is 0 Å². The molecule has 3 N–H and O–H groups in total. The van der Waals surface area contributed by atoms with Crippen LogP contribution in [0.1, 0.15) is 33.3 Å². The van der Waals surface area contributed by atoms with Gasteiger partial charge in [-0.15, -0.1) is 11.3 Å². The highest BCUT2D eigenvalue weighted by Gasteiger charge is 2.23. The maximum absolute atomic E-state index is 11.8. The fourth-order valence-corrected chi connectivity index (χ4v) is 5.10. The van der Waals surface area contributed by atoms with Gasteiger partial charge in [0, 0.05) is 42.2 Å². The van der Waals surface area contributed by atoms with Crippen LogP contribution >= 0.6 is 11.3 Å². The van der Waals surface area contributed by atoms with Crippen molar-refractivity contribution in [2.75, 3.05) is 13.1 Å². The number of fused-ring (bicyclic) bond motifs is 1. The largest absolute Gasteiger partial charge is 0.489 e. The van der Waals surface area contributed by atoms with E-state index in [0.29, 0.717) is 23.8 Å². The lowest BCUT2D eigenvalue weighted by Gasteiger charge is -2.27. The van der Waals surface area contributed by atoms with Crippen LogP contribution < -0.4 is 10.1 Å². The van der Waals surface area contributed by atoms with Gasteiger partial charge < -0.3 is 20.3 Å². The van der Waals surface area contributed by atoms with Crippen LogP contribution in [0.15, 0.2) is 73.1 Å². The van der Waals surface area contributed by atoms with E-state index in [0.717, 1.165) is 40.8 Å². The van der Waals surface area contributed by atoms with Gasteiger partial charge in [0.05, 0.1) is 11.8 Å². The number of aryl methyl sites for hydroxylation is 1. The molecule has 35 heavy (non-hydrogen) atoms. The number of nitrogens with one attached hydrogen (secondary N) is 1. The minimum atomic E-state index is -0.974. The molecule has 0 saturated carbocycles. The fraction of sp³-hybridized carbons (Fsp3) is 0.222. The zero-order valence-corrected chi connectivity index (χ0v) is 19.7. The summed E-state index contributed by atoms with van der Waals surface area (Å²) < 4.78 is 6.18. The van der Waals surface area contributed by atoms with Crippen molar-refractivity contribution in [3.8, 4) is 27.6 Å². The number of benzene rings is 2. The lowest BCUT2D eigenvalue weighted by molar-refractivity contribution is 0.0702. The number of thiazole rings is 1. The van der Waals surface area contributed by atoms with E-state index in [1.54, 1.807) is 12.4 Å². The number of aliphatic hydroxyl groups excluding tert-OH is 1. The average molecular weight is 488 g/mol. The summed E-state index contributed by atoms with van der Waals surface area (Å²) in [7, 11) is 0. The van der Waals surface area contributed by atoms with Gasteiger partial charge in [0.2, 0.25) is 0 Å². The number of aromatic nitrogens is 2. The second-order valence-corrected chi connectivity index (χ2v) is 9.43. The summed E-state index contributed by atoms with van der Waals surface area (Å²) in [6, 6.07) is 19.0. The molecule has 0 spiro atoms. The summed E-state index contributed by atoms with van der Waals surface area (Å²) in [4.78, 5) is 20.8. The van der Waals surface area contributed by atoms with Crippen molar-refractivity contribution >= 4 is 17.3 Å². The summed E-state index contributed by atoms with van der Waals surface area (Å²) >= 11 is 1.19. The van der Waals surface area contributed by atoms with E-state index in [1.807, 2.05) is 60.7 Å². The Kier molecular flexibility index (Phi) is 6.85. The number of aromatic carboxylic acids is 1. The fourth-order valence-electron chi connectivity index (χ4n) is 4.17. The van der Waals surface area contributed by atoms with Gasteiger partial charge in [-0.25, -0.2) is 9.78 Å². The normalized spacial score (nSPS) is 15.7. The Bertz CT molecular complexity index is 1310. The van der Waals surface area contributed by atoms with Crippen molar-refractivity contribution in [2.45, 2.75) is 25.0 Å². The van der Waals surface area contributed by atoms with Crippen molar-refractivity contribution < 1.29 is 19.7 Å². The number of carboxylic acids is 1. The van der Waals surface area contributed by atoms with E-state index in [9.17, 15) is 15.0 Å². The van der Waals surface area contributed by atoms with Crippen molar-refractivity contribution in [1.82, 2.24) is 15.3 Å². The summed E-state index contributed by atoms with van der Waals surface area (Å²) in [6.45, 7) is 1.06. The molecular weight excluding hydrogens is 462 g/mol. The highest BCUT2D eigenvalue weighted by atomic mass is 32.1. The first-order valence-electron chi connectivity index (χ1n) is 11.5. The first-order chi connectivity index (χ1) is 17.1. The maximum Gasteiger partial charge on any atom is 0.348 e. The van der Waals surface area contributed by atoms with E-state index < -0.39 is 12.1 Å². The Morgan fingerprint density at radius 2 is 2.00 bits per heavy atom. The second kappa shape index (κ2) is 10.4. The molecule has 8 heteroatoms. The van der Waals surface area contributed by atoms with Crippen molar-refractivity contribution in [1.29, 1.82) is 0 Å². The van der Waals surface area contributed by atoms with Crippen LogP contribution in [0, 0.1) is 0 Å². The Labute approximate surface area is 207 Å².